The van der Waals surface area contributed by atoms with Gasteiger partial charge in [-0.05, 0) is 12.1 Å². The average molecular weight is 332 g/mol. The summed E-state index contributed by atoms with van der Waals surface area (Å²) in [5, 5.41) is 0. The van der Waals surface area contributed by atoms with Crippen LogP contribution in [-0.2, 0) is 4.74 Å². The predicted octanol–water partition coefficient (Wildman–Crippen LogP) is 2.32. The number of rotatable bonds is 5. The fourth-order valence-corrected chi connectivity index (χ4v) is 2.64. The van der Waals surface area contributed by atoms with Crippen molar-refractivity contribution in [2.75, 3.05) is 46.4 Å². The van der Waals surface area contributed by atoms with Gasteiger partial charge in [0.2, 0.25) is 0 Å². The first-order chi connectivity index (χ1) is 11.3. The van der Waals surface area contributed by atoms with Gasteiger partial charge in [-0.3, -0.25) is 14.5 Å². The van der Waals surface area contributed by atoms with Crippen LogP contribution in [-0.4, -0.2) is 67.9 Å². The lowest BCUT2D eigenvalue weighted by atomic mass is 9.86. The van der Waals surface area contributed by atoms with Crippen LogP contribution in [0.5, 0.6) is 0 Å². The zero-order valence-corrected chi connectivity index (χ0v) is 15.2. The van der Waals surface area contributed by atoms with Gasteiger partial charge in [0.1, 0.15) is 0 Å². The third kappa shape index (κ3) is 4.89. The highest BCUT2D eigenvalue weighted by molar-refractivity contribution is 6.01. The van der Waals surface area contributed by atoms with Gasteiger partial charge < -0.3 is 9.64 Å². The molecule has 5 heteroatoms. The summed E-state index contributed by atoms with van der Waals surface area (Å²) in [6.45, 7) is 10.6. The number of amides is 1. The van der Waals surface area contributed by atoms with Crippen molar-refractivity contribution in [3.05, 3.63) is 35.4 Å². The first kappa shape index (κ1) is 18.6. The van der Waals surface area contributed by atoms with Crippen LogP contribution in [0.3, 0.4) is 0 Å². The molecule has 0 saturated carbocycles. The van der Waals surface area contributed by atoms with Gasteiger partial charge in [-0.2, -0.15) is 0 Å². The number of Topliss-reactive ketones (excluding diaryl/α,β-unsaturated/α-hetero) is 1. The molecule has 2 rings (SSSR count). The second-order valence-corrected chi connectivity index (χ2v) is 7.34. The number of hydrogen-bond donors (Lipinski definition) is 0. The van der Waals surface area contributed by atoms with Crippen LogP contribution >= 0.6 is 0 Å². The Bertz CT molecular complexity index is 569. The van der Waals surface area contributed by atoms with E-state index >= 15 is 0 Å². The van der Waals surface area contributed by atoms with Crippen LogP contribution < -0.4 is 0 Å². The van der Waals surface area contributed by atoms with Gasteiger partial charge in [0, 0.05) is 49.8 Å². The Morgan fingerprint density at radius 2 is 1.62 bits per heavy atom. The molecule has 1 aliphatic rings. The van der Waals surface area contributed by atoms with E-state index in [9.17, 15) is 9.59 Å². The van der Waals surface area contributed by atoms with E-state index in [2.05, 4.69) is 4.90 Å². The van der Waals surface area contributed by atoms with Gasteiger partial charge in [-0.25, -0.2) is 0 Å². The summed E-state index contributed by atoms with van der Waals surface area (Å²) in [5.41, 5.74) is 0.848. The second-order valence-electron chi connectivity index (χ2n) is 7.34. The van der Waals surface area contributed by atoms with E-state index in [1.807, 2.05) is 27.8 Å². The standard InChI is InChI=1S/C19H28N2O3/c1-19(2,3)17(22)15-5-7-16(8-6-15)18(23)20(4)9-10-21-11-13-24-14-12-21/h5-8H,9-14H2,1-4H3. The normalized spacial score (nSPS) is 16.0. The number of likely N-dealkylation sites (N-methyl/N-ethyl adjacent to an activating group) is 1. The number of carbonyl (C=O) groups is 2. The zero-order chi connectivity index (χ0) is 17.7. The smallest absolute Gasteiger partial charge is 0.253 e. The molecule has 0 radical (unpaired) electrons. The maximum Gasteiger partial charge on any atom is 0.253 e. The highest BCUT2D eigenvalue weighted by atomic mass is 16.5. The summed E-state index contributed by atoms with van der Waals surface area (Å²) in [4.78, 5) is 28.8. The van der Waals surface area contributed by atoms with Gasteiger partial charge in [0.15, 0.2) is 5.78 Å². The van der Waals surface area contributed by atoms with E-state index in [4.69, 9.17) is 4.74 Å². The first-order valence-electron chi connectivity index (χ1n) is 8.49. The average Bonchev–Trinajstić information content (AvgIpc) is 2.58. The Hall–Kier alpha value is -1.72. The molecular weight excluding hydrogens is 304 g/mol. The van der Waals surface area contributed by atoms with Crippen LogP contribution in [0.2, 0.25) is 0 Å². The molecule has 132 valence electrons. The highest BCUT2D eigenvalue weighted by Crippen LogP contribution is 2.21. The van der Waals surface area contributed by atoms with Gasteiger partial charge >= 0.3 is 0 Å². The van der Waals surface area contributed by atoms with E-state index in [0.29, 0.717) is 17.7 Å². The Morgan fingerprint density at radius 3 is 2.17 bits per heavy atom. The molecule has 1 heterocycles. The van der Waals surface area contributed by atoms with Gasteiger partial charge in [-0.1, -0.05) is 32.9 Å². The third-order valence-corrected chi connectivity index (χ3v) is 4.28. The topological polar surface area (TPSA) is 49.9 Å². The molecule has 24 heavy (non-hydrogen) atoms. The lowest BCUT2D eigenvalue weighted by Gasteiger charge is -2.28. The maximum absolute atomic E-state index is 12.5. The van der Waals surface area contributed by atoms with Crippen LogP contribution in [0.25, 0.3) is 0 Å². The molecule has 0 aliphatic carbocycles. The Kier molecular flexibility index (Phi) is 6.13. The van der Waals surface area contributed by atoms with Crippen molar-refractivity contribution in [2.45, 2.75) is 20.8 Å². The van der Waals surface area contributed by atoms with Crippen molar-refractivity contribution in [3.8, 4) is 0 Å². The van der Waals surface area contributed by atoms with Crippen molar-refractivity contribution < 1.29 is 14.3 Å². The summed E-state index contributed by atoms with van der Waals surface area (Å²) in [7, 11) is 1.82. The molecule has 0 spiro atoms. The number of ketones is 1. The molecule has 1 amide bonds. The first-order valence-corrected chi connectivity index (χ1v) is 8.49. The monoisotopic (exact) mass is 332 g/mol. The largest absolute Gasteiger partial charge is 0.379 e. The second kappa shape index (κ2) is 7.90. The molecule has 0 atom stereocenters. The van der Waals surface area contributed by atoms with Gasteiger partial charge in [-0.15, -0.1) is 0 Å². The summed E-state index contributed by atoms with van der Waals surface area (Å²) in [5.74, 6) is 0.0696. The fraction of sp³-hybridized carbons (Fsp3) is 0.579. The van der Waals surface area contributed by atoms with E-state index in [1.54, 1.807) is 29.2 Å². The van der Waals surface area contributed by atoms with E-state index in [-0.39, 0.29) is 11.7 Å². The van der Waals surface area contributed by atoms with E-state index < -0.39 is 5.41 Å². The van der Waals surface area contributed by atoms with Crippen molar-refractivity contribution in [3.63, 3.8) is 0 Å². The molecule has 0 N–H and O–H groups in total. The summed E-state index contributed by atoms with van der Waals surface area (Å²) >= 11 is 0. The summed E-state index contributed by atoms with van der Waals surface area (Å²) in [6, 6.07) is 6.98. The summed E-state index contributed by atoms with van der Waals surface area (Å²) in [6.07, 6.45) is 0. The van der Waals surface area contributed by atoms with Crippen LogP contribution in [0, 0.1) is 5.41 Å². The zero-order valence-electron chi connectivity index (χ0n) is 15.2. The van der Waals surface area contributed by atoms with Crippen molar-refractivity contribution >= 4 is 11.7 Å². The minimum absolute atomic E-state index is 0.0157. The van der Waals surface area contributed by atoms with Crippen molar-refractivity contribution in [1.29, 1.82) is 0 Å². The minimum atomic E-state index is -0.416. The molecule has 0 bridgehead atoms. The Labute approximate surface area is 144 Å². The number of nitrogens with zero attached hydrogens (tertiary/aromatic N) is 2. The lowest BCUT2D eigenvalue weighted by Crippen LogP contribution is -2.41. The van der Waals surface area contributed by atoms with Crippen molar-refractivity contribution in [2.24, 2.45) is 5.41 Å². The molecule has 0 unspecified atom stereocenters. The molecule has 1 aliphatic heterocycles. The van der Waals surface area contributed by atoms with Gasteiger partial charge in [0.05, 0.1) is 13.2 Å². The Morgan fingerprint density at radius 1 is 1.08 bits per heavy atom. The molecule has 1 fully saturated rings. The van der Waals surface area contributed by atoms with Crippen LogP contribution in [0.4, 0.5) is 0 Å². The summed E-state index contributed by atoms with van der Waals surface area (Å²) < 4.78 is 5.33. The van der Waals surface area contributed by atoms with Crippen molar-refractivity contribution in [1.82, 2.24) is 9.80 Å². The molecule has 1 aromatic carbocycles. The molecule has 1 aromatic rings. The minimum Gasteiger partial charge on any atom is -0.379 e. The number of benzene rings is 1. The lowest BCUT2D eigenvalue weighted by molar-refractivity contribution is 0.0338. The molecule has 0 aromatic heterocycles. The maximum atomic E-state index is 12.5. The molecule has 1 saturated heterocycles. The Balaban J connectivity index is 1.92. The fourth-order valence-electron chi connectivity index (χ4n) is 2.64. The number of hydrogen-bond acceptors (Lipinski definition) is 4. The highest BCUT2D eigenvalue weighted by Gasteiger charge is 2.23. The molecular formula is C19H28N2O3. The molecule has 5 nitrogen and oxygen atoms in total. The van der Waals surface area contributed by atoms with Crippen LogP contribution in [0.15, 0.2) is 24.3 Å². The number of carbonyl (C=O) groups excluding carboxylic acids is 2. The SMILES string of the molecule is CN(CCN1CCOCC1)C(=O)c1ccc(C(=O)C(C)(C)C)cc1. The van der Waals surface area contributed by atoms with Crippen LogP contribution in [0.1, 0.15) is 41.5 Å². The van der Waals surface area contributed by atoms with E-state index in [0.717, 1.165) is 32.8 Å². The number of morpholine rings is 1. The van der Waals surface area contributed by atoms with E-state index in [1.165, 1.54) is 0 Å². The third-order valence-electron chi connectivity index (χ3n) is 4.28. The van der Waals surface area contributed by atoms with Gasteiger partial charge in [0.25, 0.3) is 5.91 Å². The quantitative estimate of drug-likeness (QED) is 0.777. The number of ether oxygens (including phenoxy) is 1. The predicted molar refractivity (Wildman–Crippen MR) is 94.4 cm³/mol.